The Morgan fingerprint density at radius 1 is 1.53 bits per heavy atom. The lowest BCUT2D eigenvalue weighted by molar-refractivity contribution is -0.160. The lowest BCUT2D eigenvalue weighted by atomic mass is 9.67. The highest BCUT2D eigenvalue weighted by Gasteiger charge is 2.49. The molecule has 0 aliphatic heterocycles. The normalized spacial score (nSPS) is 26.5. The Morgan fingerprint density at radius 2 is 2.13 bits per heavy atom. The summed E-state index contributed by atoms with van der Waals surface area (Å²) in [6, 6.07) is 0. The molecule has 0 aromatic carbocycles. The topological polar surface area (TPSA) is 43.4 Å². The second-order valence-corrected chi connectivity index (χ2v) is 4.47. The number of carbonyl (C=O) groups excluding carboxylic acids is 2. The van der Waals surface area contributed by atoms with Crippen LogP contribution in [0.15, 0.2) is 11.6 Å². The maximum atomic E-state index is 12.0. The zero-order valence-corrected chi connectivity index (χ0v) is 9.79. The third kappa shape index (κ3) is 1.83. The van der Waals surface area contributed by atoms with Crippen molar-refractivity contribution < 1.29 is 14.3 Å². The zero-order chi connectivity index (χ0) is 11.6. The molecule has 1 aliphatic rings. The summed E-state index contributed by atoms with van der Waals surface area (Å²) < 4.78 is 4.77. The van der Waals surface area contributed by atoms with Crippen LogP contribution in [0.25, 0.3) is 0 Å². The molecule has 1 rings (SSSR count). The van der Waals surface area contributed by atoms with E-state index in [1.807, 2.05) is 20.8 Å². The zero-order valence-electron chi connectivity index (χ0n) is 9.79. The van der Waals surface area contributed by atoms with E-state index in [0.29, 0.717) is 6.42 Å². The summed E-state index contributed by atoms with van der Waals surface area (Å²) in [6.45, 7) is 5.70. The maximum Gasteiger partial charge on any atom is 0.319 e. The number of allylic oxidation sites excluding steroid dienone is 2. The highest BCUT2D eigenvalue weighted by molar-refractivity contribution is 6.10. The molecule has 84 valence electrons. The molecule has 0 aromatic heterocycles. The number of hydrogen-bond acceptors (Lipinski definition) is 3. The van der Waals surface area contributed by atoms with E-state index in [2.05, 4.69) is 0 Å². The molecule has 0 N–H and O–H groups in total. The molecule has 0 saturated heterocycles. The van der Waals surface area contributed by atoms with Crippen LogP contribution in [-0.4, -0.2) is 18.9 Å². The first-order valence-corrected chi connectivity index (χ1v) is 5.25. The highest BCUT2D eigenvalue weighted by Crippen LogP contribution is 2.40. The first kappa shape index (κ1) is 12.0. The van der Waals surface area contributed by atoms with Gasteiger partial charge >= 0.3 is 5.97 Å². The van der Waals surface area contributed by atoms with Gasteiger partial charge in [0.25, 0.3) is 0 Å². The summed E-state index contributed by atoms with van der Waals surface area (Å²) in [5, 5.41) is 0. The minimum absolute atomic E-state index is 0.0261. The molecule has 1 atom stereocenters. The van der Waals surface area contributed by atoms with Gasteiger partial charge in [-0.2, -0.15) is 0 Å². The van der Waals surface area contributed by atoms with E-state index < -0.39 is 11.4 Å². The maximum absolute atomic E-state index is 12.0. The molecule has 3 nitrogen and oxygen atoms in total. The fraction of sp³-hybridized carbons (Fsp3) is 0.667. The van der Waals surface area contributed by atoms with Gasteiger partial charge in [-0.15, -0.1) is 0 Å². The second kappa shape index (κ2) is 4.17. The molecular formula is C12H18O3. The van der Waals surface area contributed by atoms with Crippen molar-refractivity contribution in [2.45, 2.75) is 33.6 Å². The SMILES string of the molecule is COC(=O)C1(C(C)C)CCC(C)=CC1=O. The number of ketones is 1. The van der Waals surface area contributed by atoms with Gasteiger partial charge in [0.1, 0.15) is 5.41 Å². The van der Waals surface area contributed by atoms with Crippen molar-refractivity contribution in [3.05, 3.63) is 11.6 Å². The summed E-state index contributed by atoms with van der Waals surface area (Å²) >= 11 is 0. The predicted molar refractivity (Wildman–Crippen MR) is 57.3 cm³/mol. The summed E-state index contributed by atoms with van der Waals surface area (Å²) in [5.74, 6) is -0.527. The monoisotopic (exact) mass is 210 g/mol. The van der Waals surface area contributed by atoms with Crippen LogP contribution in [0.1, 0.15) is 33.6 Å². The predicted octanol–water partition coefficient (Wildman–Crippen LogP) is 2.11. The molecular weight excluding hydrogens is 192 g/mol. The van der Waals surface area contributed by atoms with Gasteiger partial charge in [0.2, 0.25) is 0 Å². The van der Waals surface area contributed by atoms with Crippen molar-refractivity contribution >= 4 is 11.8 Å². The van der Waals surface area contributed by atoms with E-state index in [1.54, 1.807) is 6.08 Å². The van der Waals surface area contributed by atoms with E-state index in [0.717, 1.165) is 12.0 Å². The number of ether oxygens (including phenoxy) is 1. The average Bonchev–Trinajstić information content (AvgIpc) is 2.16. The molecule has 0 radical (unpaired) electrons. The van der Waals surface area contributed by atoms with Gasteiger partial charge in [0.15, 0.2) is 5.78 Å². The molecule has 0 fully saturated rings. The van der Waals surface area contributed by atoms with Crippen molar-refractivity contribution in [2.24, 2.45) is 11.3 Å². The summed E-state index contributed by atoms with van der Waals surface area (Å²) in [5.41, 5.74) is 0.0917. The molecule has 0 amide bonds. The van der Waals surface area contributed by atoms with Crippen molar-refractivity contribution in [2.75, 3.05) is 7.11 Å². The quantitative estimate of drug-likeness (QED) is 0.518. The van der Waals surface area contributed by atoms with Crippen molar-refractivity contribution in [3.8, 4) is 0 Å². The smallest absolute Gasteiger partial charge is 0.319 e. The molecule has 0 aromatic rings. The summed E-state index contributed by atoms with van der Waals surface area (Å²) in [7, 11) is 1.34. The van der Waals surface area contributed by atoms with Crippen molar-refractivity contribution in [1.82, 2.24) is 0 Å². The molecule has 1 aliphatic carbocycles. The molecule has 3 heteroatoms. The molecule has 0 heterocycles. The third-order valence-electron chi connectivity index (χ3n) is 3.27. The number of esters is 1. The van der Waals surface area contributed by atoms with Gasteiger partial charge in [-0.3, -0.25) is 9.59 Å². The fourth-order valence-electron chi connectivity index (χ4n) is 2.14. The Bertz CT molecular complexity index is 315. The van der Waals surface area contributed by atoms with E-state index in [-0.39, 0.29) is 11.7 Å². The van der Waals surface area contributed by atoms with E-state index in [4.69, 9.17) is 4.74 Å². The Hall–Kier alpha value is -1.12. The number of hydrogen-bond donors (Lipinski definition) is 0. The van der Waals surface area contributed by atoms with E-state index in [9.17, 15) is 9.59 Å². The second-order valence-electron chi connectivity index (χ2n) is 4.47. The highest BCUT2D eigenvalue weighted by atomic mass is 16.5. The van der Waals surface area contributed by atoms with Crippen LogP contribution in [0.3, 0.4) is 0 Å². The number of rotatable bonds is 2. The van der Waals surface area contributed by atoms with E-state index >= 15 is 0 Å². The van der Waals surface area contributed by atoms with Gasteiger partial charge in [-0.1, -0.05) is 19.4 Å². The average molecular weight is 210 g/mol. The third-order valence-corrected chi connectivity index (χ3v) is 3.27. The first-order valence-electron chi connectivity index (χ1n) is 5.25. The Morgan fingerprint density at radius 3 is 2.53 bits per heavy atom. The lowest BCUT2D eigenvalue weighted by Crippen LogP contribution is -2.45. The fourth-order valence-corrected chi connectivity index (χ4v) is 2.14. The van der Waals surface area contributed by atoms with Crippen LogP contribution in [0.2, 0.25) is 0 Å². The summed E-state index contributed by atoms with van der Waals surface area (Å²) in [4.78, 5) is 23.8. The molecule has 15 heavy (non-hydrogen) atoms. The Kier molecular flexibility index (Phi) is 3.32. The van der Waals surface area contributed by atoms with Crippen molar-refractivity contribution in [3.63, 3.8) is 0 Å². The van der Waals surface area contributed by atoms with Gasteiger partial charge in [0, 0.05) is 0 Å². The Balaban J connectivity index is 3.14. The minimum atomic E-state index is -0.950. The van der Waals surface area contributed by atoms with Crippen LogP contribution >= 0.6 is 0 Å². The molecule has 0 bridgehead atoms. The van der Waals surface area contributed by atoms with Crippen LogP contribution in [0.4, 0.5) is 0 Å². The van der Waals surface area contributed by atoms with Crippen LogP contribution in [0, 0.1) is 11.3 Å². The number of carbonyl (C=O) groups is 2. The molecule has 0 saturated carbocycles. The number of methoxy groups -OCH3 is 1. The van der Waals surface area contributed by atoms with Gasteiger partial charge in [-0.05, 0) is 31.8 Å². The standard InChI is InChI=1S/C12H18O3/c1-8(2)12(11(14)15-4)6-5-9(3)7-10(12)13/h7-8H,5-6H2,1-4H3. The minimum Gasteiger partial charge on any atom is -0.468 e. The van der Waals surface area contributed by atoms with E-state index in [1.165, 1.54) is 7.11 Å². The van der Waals surface area contributed by atoms with Crippen LogP contribution in [-0.2, 0) is 14.3 Å². The van der Waals surface area contributed by atoms with Crippen LogP contribution in [0.5, 0.6) is 0 Å². The molecule has 0 spiro atoms. The Labute approximate surface area is 90.5 Å². The largest absolute Gasteiger partial charge is 0.468 e. The first-order chi connectivity index (χ1) is 6.95. The van der Waals surface area contributed by atoms with Gasteiger partial charge in [-0.25, -0.2) is 0 Å². The van der Waals surface area contributed by atoms with Gasteiger partial charge in [0.05, 0.1) is 7.11 Å². The van der Waals surface area contributed by atoms with Crippen molar-refractivity contribution in [1.29, 1.82) is 0 Å². The summed E-state index contributed by atoms with van der Waals surface area (Å²) in [6.07, 6.45) is 2.94. The molecule has 1 unspecified atom stereocenters. The van der Waals surface area contributed by atoms with Gasteiger partial charge < -0.3 is 4.74 Å². The van der Waals surface area contributed by atoms with Crippen LogP contribution < -0.4 is 0 Å². The lowest BCUT2D eigenvalue weighted by Gasteiger charge is -2.35.